The molecule has 7 heteroatoms. The second-order valence-corrected chi connectivity index (χ2v) is 7.31. The van der Waals surface area contributed by atoms with Gasteiger partial charge < -0.3 is 19.3 Å². The largest absolute Gasteiger partial charge is 0.490 e. The monoisotopic (exact) mass is 417 g/mol. The average Bonchev–Trinajstić information content (AvgIpc) is 2.76. The number of piperazine rings is 1. The fourth-order valence-electron chi connectivity index (χ4n) is 3.32. The summed E-state index contributed by atoms with van der Waals surface area (Å²) < 4.78 is 11.5. The van der Waals surface area contributed by atoms with Crippen molar-refractivity contribution < 1.29 is 14.3 Å². The van der Waals surface area contributed by atoms with Gasteiger partial charge in [-0.25, -0.2) is 0 Å². The zero-order chi connectivity index (χ0) is 20.6. The van der Waals surface area contributed by atoms with Crippen molar-refractivity contribution >= 4 is 23.2 Å². The third kappa shape index (κ3) is 5.32. The Balaban J connectivity index is 1.70. The first-order valence-electron chi connectivity index (χ1n) is 10.2. The van der Waals surface area contributed by atoms with Gasteiger partial charge in [0.2, 0.25) is 0 Å². The molecule has 3 rings (SSSR count). The number of halogens is 1. The summed E-state index contributed by atoms with van der Waals surface area (Å²) in [7, 11) is 0. The van der Waals surface area contributed by atoms with E-state index in [1.807, 2.05) is 24.0 Å². The summed E-state index contributed by atoms with van der Waals surface area (Å²) in [5, 5.41) is 0.408. The third-order valence-electron chi connectivity index (χ3n) is 4.90. The van der Waals surface area contributed by atoms with E-state index in [9.17, 15) is 4.79 Å². The minimum Gasteiger partial charge on any atom is -0.490 e. The van der Waals surface area contributed by atoms with Gasteiger partial charge in [-0.3, -0.25) is 9.78 Å². The second-order valence-electron chi connectivity index (χ2n) is 6.91. The number of rotatable bonds is 8. The SMILES string of the molecule is CCCCOc1c(Cl)cc(C(=O)N2CCN(c3ccncc3)CC2)cc1OCC. The van der Waals surface area contributed by atoms with E-state index in [1.165, 1.54) is 0 Å². The van der Waals surface area contributed by atoms with Gasteiger partial charge in [0.1, 0.15) is 0 Å². The molecule has 0 saturated carbocycles. The number of anilines is 1. The predicted molar refractivity (Wildman–Crippen MR) is 115 cm³/mol. The molecule has 2 heterocycles. The van der Waals surface area contributed by atoms with Crippen LogP contribution < -0.4 is 14.4 Å². The maximum absolute atomic E-state index is 13.1. The van der Waals surface area contributed by atoms with E-state index < -0.39 is 0 Å². The lowest BCUT2D eigenvalue weighted by molar-refractivity contribution is 0.0746. The highest BCUT2D eigenvalue weighted by molar-refractivity contribution is 6.32. The molecule has 0 N–H and O–H groups in total. The number of carbonyl (C=O) groups is 1. The molecule has 2 aromatic rings. The Kier molecular flexibility index (Phi) is 7.58. The van der Waals surface area contributed by atoms with Gasteiger partial charge in [-0.05, 0) is 37.6 Å². The van der Waals surface area contributed by atoms with Crippen LogP contribution in [0.15, 0.2) is 36.7 Å². The highest BCUT2D eigenvalue weighted by Gasteiger charge is 2.24. The van der Waals surface area contributed by atoms with Crippen molar-refractivity contribution in [3.8, 4) is 11.5 Å². The maximum atomic E-state index is 13.1. The van der Waals surface area contributed by atoms with Crippen LogP contribution in [-0.2, 0) is 0 Å². The summed E-state index contributed by atoms with van der Waals surface area (Å²) in [6.45, 7) is 7.90. The Morgan fingerprint density at radius 3 is 2.48 bits per heavy atom. The van der Waals surface area contributed by atoms with Crippen molar-refractivity contribution in [1.82, 2.24) is 9.88 Å². The van der Waals surface area contributed by atoms with Crippen LogP contribution in [0.25, 0.3) is 0 Å². The van der Waals surface area contributed by atoms with Crippen LogP contribution in [0.2, 0.25) is 5.02 Å². The molecule has 6 nitrogen and oxygen atoms in total. The van der Waals surface area contributed by atoms with Crippen molar-refractivity contribution in [2.75, 3.05) is 44.3 Å². The van der Waals surface area contributed by atoms with E-state index >= 15 is 0 Å². The van der Waals surface area contributed by atoms with Crippen LogP contribution in [0.1, 0.15) is 37.0 Å². The van der Waals surface area contributed by atoms with Crippen molar-refractivity contribution in [3.05, 3.63) is 47.2 Å². The Bertz CT molecular complexity index is 808. The Hall–Kier alpha value is -2.47. The maximum Gasteiger partial charge on any atom is 0.254 e. The smallest absolute Gasteiger partial charge is 0.254 e. The van der Waals surface area contributed by atoms with Crippen molar-refractivity contribution in [2.45, 2.75) is 26.7 Å². The molecule has 1 saturated heterocycles. The molecular formula is C22H28ClN3O3. The molecule has 0 spiro atoms. The first-order chi connectivity index (χ1) is 14.1. The second kappa shape index (κ2) is 10.3. The molecule has 156 valence electrons. The number of pyridine rings is 1. The summed E-state index contributed by atoms with van der Waals surface area (Å²) >= 11 is 6.45. The van der Waals surface area contributed by atoms with Crippen molar-refractivity contribution in [2.24, 2.45) is 0 Å². The lowest BCUT2D eigenvalue weighted by Crippen LogP contribution is -2.48. The summed E-state index contributed by atoms with van der Waals surface area (Å²) in [6, 6.07) is 7.41. The molecule has 0 radical (unpaired) electrons. The van der Waals surface area contributed by atoms with Crippen LogP contribution in [0, 0.1) is 0 Å². The minimum absolute atomic E-state index is 0.0395. The summed E-state index contributed by atoms with van der Waals surface area (Å²) in [6.07, 6.45) is 5.54. The number of amides is 1. The Morgan fingerprint density at radius 1 is 1.10 bits per heavy atom. The summed E-state index contributed by atoms with van der Waals surface area (Å²) in [4.78, 5) is 21.2. The molecule has 1 aliphatic heterocycles. The molecular weight excluding hydrogens is 390 g/mol. The molecule has 29 heavy (non-hydrogen) atoms. The third-order valence-corrected chi connectivity index (χ3v) is 5.18. The van der Waals surface area contributed by atoms with Crippen molar-refractivity contribution in [1.29, 1.82) is 0 Å². The molecule has 1 fully saturated rings. The highest BCUT2D eigenvalue weighted by atomic mass is 35.5. The zero-order valence-electron chi connectivity index (χ0n) is 17.1. The molecule has 0 bridgehead atoms. The molecule has 0 atom stereocenters. The van der Waals surface area contributed by atoms with Gasteiger partial charge in [0.25, 0.3) is 5.91 Å². The van der Waals surface area contributed by atoms with Crippen LogP contribution in [0.4, 0.5) is 5.69 Å². The van der Waals surface area contributed by atoms with Crippen molar-refractivity contribution in [3.63, 3.8) is 0 Å². The van der Waals surface area contributed by atoms with Crippen LogP contribution >= 0.6 is 11.6 Å². The molecule has 0 unspecified atom stereocenters. The number of carbonyl (C=O) groups excluding carboxylic acids is 1. The molecule has 1 aromatic carbocycles. The van der Waals surface area contributed by atoms with E-state index in [4.69, 9.17) is 21.1 Å². The first kappa shape index (κ1) is 21.2. The lowest BCUT2D eigenvalue weighted by Gasteiger charge is -2.36. The van der Waals surface area contributed by atoms with E-state index in [2.05, 4.69) is 16.8 Å². The van der Waals surface area contributed by atoms with E-state index in [-0.39, 0.29) is 5.91 Å². The fourth-order valence-corrected chi connectivity index (χ4v) is 3.58. The number of hydrogen-bond acceptors (Lipinski definition) is 5. The number of benzene rings is 1. The molecule has 1 aromatic heterocycles. The first-order valence-corrected chi connectivity index (χ1v) is 10.5. The highest BCUT2D eigenvalue weighted by Crippen LogP contribution is 2.37. The molecule has 0 aliphatic carbocycles. The van der Waals surface area contributed by atoms with Crippen LogP contribution in [0.5, 0.6) is 11.5 Å². The topological polar surface area (TPSA) is 54.9 Å². The average molecular weight is 418 g/mol. The summed E-state index contributed by atoms with van der Waals surface area (Å²) in [5.74, 6) is 0.998. The number of unbranched alkanes of at least 4 members (excludes halogenated alkanes) is 1. The van der Waals surface area contributed by atoms with Gasteiger partial charge in [0.15, 0.2) is 11.5 Å². The van der Waals surface area contributed by atoms with Gasteiger partial charge in [0, 0.05) is 49.8 Å². The van der Waals surface area contributed by atoms with Gasteiger partial charge in [-0.2, -0.15) is 0 Å². The fraction of sp³-hybridized carbons (Fsp3) is 0.455. The van der Waals surface area contributed by atoms with Gasteiger partial charge in [-0.1, -0.05) is 24.9 Å². The molecule has 1 amide bonds. The van der Waals surface area contributed by atoms with Gasteiger partial charge in [-0.15, -0.1) is 0 Å². The predicted octanol–water partition coefficient (Wildman–Crippen LogP) is 4.28. The Morgan fingerprint density at radius 2 is 1.83 bits per heavy atom. The quantitative estimate of drug-likeness (QED) is 0.600. The molecule has 1 aliphatic rings. The van der Waals surface area contributed by atoms with Crippen LogP contribution in [-0.4, -0.2) is 55.2 Å². The Labute approximate surface area is 177 Å². The van der Waals surface area contributed by atoms with Gasteiger partial charge >= 0.3 is 0 Å². The number of ether oxygens (including phenoxy) is 2. The van der Waals surface area contributed by atoms with E-state index in [0.717, 1.165) is 31.6 Å². The number of nitrogens with zero attached hydrogens (tertiary/aromatic N) is 3. The van der Waals surface area contributed by atoms with Crippen LogP contribution in [0.3, 0.4) is 0 Å². The minimum atomic E-state index is -0.0395. The van der Waals surface area contributed by atoms with E-state index in [1.54, 1.807) is 24.5 Å². The standard InChI is InChI=1S/C22H28ClN3O3/c1-3-5-14-29-21-19(23)15-17(16-20(21)28-4-2)22(27)26-12-10-25(11-13-26)18-6-8-24-9-7-18/h6-9,15-16H,3-5,10-14H2,1-2H3. The lowest BCUT2D eigenvalue weighted by atomic mass is 10.1. The zero-order valence-corrected chi connectivity index (χ0v) is 17.8. The summed E-state index contributed by atoms with van der Waals surface area (Å²) in [5.41, 5.74) is 1.65. The van der Waals surface area contributed by atoms with Gasteiger partial charge in [0.05, 0.1) is 18.2 Å². The normalized spacial score (nSPS) is 14.0. The van der Waals surface area contributed by atoms with E-state index in [0.29, 0.717) is 48.4 Å². The number of aromatic nitrogens is 1. The number of hydrogen-bond donors (Lipinski definition) is 0.